The fourth-order valence-corrected chi connectivity index (χ4v) is 1.20. The van der Waals surface area contributed by atoms with Gasteiger partial charge in [-0.05, 0) is 13.0 Å². The summed E-state index contributed by atoms with van der Waals surface area (Å²) in [7, 11) is 0. The molecule has 4 heteroatoms. The van der Waals surface area contributed by atoms with Gasteiger partial charge >= 0.3 is 0 Å². The predicted molar refractivity (Wildman–Crippen MR) is 39.5 cm³/mol. The van der Waals surface area contributed by atoms with Crippen molar-refractivity contribution in [3.8, 4) is 0 Å². The van der Waals surface area contributed by atoms with E-state index in [-0.39, 0.29) is 6.04 Å². The van der Waals surface area contributed by atoms with Gasteiger partial charge in [0.1, 0.15) is 11.6 Å². The molecule has 1 aromatic heterocycles. The molecule has 1 saturated heterocycles. The topological polar surface area (TPSA) is 24.9 Å². The summed E-state index contributed by atoms with van der Waals surface area (Å²) in [6.07, 6.45) is 1.91. The Morgan fingerprint density at radius 1 is 1.50 bits per heavy atom. The average Bonchev–Trinajstić information content (AvgIpc) is 1.91. The van der Waals surface area contributed by atoms with Crippen molar-refractivity contribution >= 4 is 0 Å². The third-order valence-electron chi connectivity index (χ3n) is 1.99. The summed E-state index contributed by atoms with van der Waals surface area (Å²) in [5.41, 5.74) is 0.322. The number of rotatable bonds is 1. The zero-order chi connectivity index (χ0) is 8.55. The molecule has 1 N–H and O–H groups in total. The van der Waals surface area contributed by atoms with Crippen molar-refractivity contribution in [3.05, 3.63) is 29.6 Å². The summed E-state index contributed by atoms with van der Waals surface area (Å²) in [6.45, 7) is 0.878. The largest absolute Gasteiger partial charge is 0.308 e. The van der Waals surface area contributed by atoms with E-state index < -0.39 is 11.6 Å². The summed E-state index contributed by atoms with van der Waals surface area (Å²) in [4.78, 5) is 3.69. The van der Waals surface area contributed by atoms with Gasteiger partial charge in [0.15, 0.2) is 0 Å². The predicted octanol–water partition coefficient (Wildman–Crippen LogP) is 1.39. The second kappa shape index (κ2) is 2.79. The lowest BCUT2D eigenvalue weighted by atomic mass is 10.0. The van der Waals surface area contributed by atoms with Crippen molar-refractivity contribution in [3.63, 3.8) is 0 Å². The van der Waals surface area contributed by atoms with Crippen LogP contribution in [0.2, 0.25) is 0 Å². The van der Waals surface area contributed by atoms with Gasteiger partial charge in [-0.25, -0.2) is 8.78 Å². The Labute approximate surface area is 68.6 Å². The van der Waals surface area contributed by atoms with Crippen LogP contribution in [0.5, 0.6) is 0 Å². The molecule has 0 radical (unpaired) electrons. The smallest absolute Gasteiger partial charge is 0.149 e. The zero-order valence-electron chi connectivity index (χ0n) is 6.35. The Bertz CT molecular complexity index is 297. The highest BCUT2D eigenvalue weighted by Crippen LogP contribution is 2.23. The maximum absolute atomic E-state index is 13.0. The van der Waals surface area contributed by atoms with E-state index in [1.807, 2.05) is 0 Å². The van der Waals surface area contributed by atoms with Gasteiger partial charge in [-0.3, -0.25) is 4.98 Å². The van der Waals surface area contributed by atoms with Gasteiger partial charge in [-0.1, -0.05) is 0 Å². The molecule has 1 aliphatic heterocycles. The van der Waals surface area contributed by atoms with Gasteiger partial charge in [0, 0.05) is 6.07 Å². The van der Waals surface area contributed by atoms with Crippen LogP contribution in [0.15, 0.2) is 12.3 Å². The first-order valence-electron chi connectivity index (χ1n) is 3.81. The molecule has 0 bridgehead atoms. The summed E-state index contributed by atoms with van der Waals surface area (Å²) in [5, 5.41) is 3.00. The molecule has 0 spiro atoms. The molecule has 0 saturated carbocycles. The van der Waals surface area contributed by atoms with Crippen LogP contribution in [0.3, 0.4) is 0 Å². The molecule has 2 heterocycles. The summed E-state index contributed by atoms with van der Waals surface area (Å²) < 4.78 is 25.4. The minimum atomic E-state index is -0.629. The second-order valence-electron chi connectivity index (χ2n) is 2.82. The van der Waals surface area contributed by atoms with Crippen LogP contribution < -0.4 is 5.32 Å². The van der Waals surface area contributed by atoms with E-state index in [0.717, 1.165) is 25.2 Å². The first-order valence-corrected chi connectivity index (χ1v) is 3.81. The molecule has 64 valence electrons. The van der Waals surface area contributed by atoms with E-state index in [0.29, 0.717) is 5.69 Å². The first-order chi connectivity index (χ1) is 5.77. The van der Waals surface area contributed by atoms with Crippen LogP contribution in [-0.4, -0.2) is 11.5 Å². The van der Waals surface area contributed by atoms with Gasteiger partial charge < -0.3 is 5.32 Å². The number of aromatic nitrogens is 1. The van der Waals surface area contributed by atoms with E-state index in [1.165, 1.54) is 0 Å². The first kappa shape index (κ1) is 7.61. The monoisotopic (exact) mass is 170 g/mol. The Balaban J connectivity index is 2.31. The zero-order valence-corrected chi connectivity index (χ0v) is 6.35. The van der Waals surface area contributed by atoms with Gasteiger partial charge in [0.25, 0.3) is 0 Å². The average molecular weight is 170 g/mol. The Morgan fingerprint density at radius 3 is 2.75 bits per heavy atom. The number of halogens is 2. The molecule has 1 aromatic rings. The highest BCUT2D eigenvalue weighted by molar-refractivity contribution is 5.14. The number of nitrogens with zero attached hydrogens (tertiary/aromatic N) is 1. The molecule has 0 unspecified atom stereocenters. The quantitative estimate of drug-likeness (QED) is 0.689. The highest BCUT2D eigenvalue weighted by Gasteiger charge is 2.23. The maximum Gasteiger partial charge on any atom is 0.149 e. The Morgan fingerprint density at radius 2 is 2.25 bits per heavy atom. The lowest BCUT2D eigenvalue weighted by Crippen LogP contribution is -2.36. The fraction of sp³-hybridized carbons (Fsp3) is 0.375. The standard InChI is InChI=1S/C8H8F2N2/c9-5-3-6(10)8(12-4-5)7-1-2-11-7/h3-4,7,11H,1-2H2/t7-/m1/s1. The molecule has 1 atom stereocenters. The van der Waals surface area contributed by atoms with E-state index in [9.17, 15) is 8.78 Å². The van der Waals surface area contributed by atoms with Crippen LogP contribution in [0.4, 0.5) is 8.78 Å². The summed E-state index contributed by atoms with van der Waals surface area (Å²) >= 11 is 0. The third kappa shape index (κ3) is 1.18. The van der Waals surface area contributed by atoms with E-state index in [4.69, 9.17) is 0 Å². The van der Waals surface area contributed by atoms with Crippen LogP contribution in [0.1, 0.15) is 18.2 Å². The van der Waals surface area contributed by atoms with Gasteiger partial charge in [0.2, 0.25) is 0 Å². The normalized spacial score (nSPS) is 22.0. The molecule has 12 heavy (non-hydrogen) atoms. The molecule has 0 amide bonds. The van der Waals surface area contributed by atoms with Crippen LogP contribution in [-0.2, 0) is 0 Å². The van der Waals surface area contributed by atoms with Crippen LogP contribution >= 0.6 is 0 Å². The second-order valence-corrected chi connectivity index (χ2v) is 2.82. The van der Waals surface area contributed by atoms with Crippen molar-refractivity contribution < 1.29 is 8.78 Å². The molecule has 1 fully saturated rings. The van der Waals surface area contributed by atoms with Crippen LogP contribution in [0, 0.1) is 11.6 Å². The van der Waals surface area contributed by atoms with Gasteiger partial charge in [-0.2, -0.15) is 0 Å². The minimum Gasteiger partial charge on any atom is -0.308 e. The van der Waals surface area contributed by atoms with E-state index in [1.54, 1.807) is 0 Å². The molecular weight excluding hydrogens is 162 g/mol. The van der Waals surface area contributed by atoms with E-state index in [2.05, 4.69) is 10.3 Å². The Kier molecular flexibility index (Phi) is 1.77. The number of hydrogen-bond acceptors (Lipinski definition) is 2. The molecule has 1 aliphatic rings. The van der Waals surface area contributed by atoms with Gasteiger partial charge in [-0.15, -0.1) is 0 Å². The third-order valence-corrected chi connectivity index (χ3v) is 1.99. The Hall–Kier alpha value is -1.03. The van der Waals surface area contributed by atoms with E-state index >= 15 is 0 Å². The van der Waals surface area contributed by atoms with Crippen molar-refractivity contribution in [2.75, 3.05) is 6.54 Å². The van der Waals surface area contributed by atoms with Crippen molar-refractivity contribution in [2.24, 2.45) is 0 Å². The van der Waals surface area contributed by atoms with Gasteiger partial charge in [0.05, 0.1) is 17.9 Å². The molecular formula is C8H8F2N2. The number of hydrogen-bond donors (Lipinski definition) is 1. The minimum absolute atomic E-state index is 0.0226. The summed E-state index contributed by atoms with van der Waals surface area (Å²) in [5.74, 6) is -1.19. The lowest BCUT2D eigenvalue weighted by Gasteiger charge is -2.26. The SMILES string of the molecule is Fc1cnc([C@H]2CCN2)c(F)c1. The summed E-state index contributed by atoms with van der Waals surface area (Å²) in [6, 6.07) is 0.841. The number of nitrogens with one attached hydrogen (secondary N) is 1. The molecule has 2 nitrogen and oxygen atoms in total. The molecule has 0 aliphatic carbocycles. The molecule has 0 aromatic carbocycles. The lowest BCUT2D eigenvalue weighted by molar-refractivity contribution is 0.359. The highest BCUT2D eigenvalue weighted by atomic mass is 19.1. The van der Waals surface area contributed by atoms with Crippen molar-refractivity contribution in [1.82, 2.24) is 10.3 Å². The number of pyridine rings is 1. The van der Waals surface area contributed by atoms with Crippen molar-refractivity contribution in [1.29, 1.82) is 0 Å². The fourth-order valence-electron chi connectivity index (χ4n) is 1.20. The van der Waals surface area contributed by atoms with Crippen molar-refractivity contribution in [2.45, 2.75) is 12.5 Å². The van der Waals surface area contributed by atoms with Crippen LogP contribution in [0.25, 0.3) is 0 Å². The maximum atomic E-state index is 13.0. The molecule has 2 rings (SSSR count).